The second-order valence-electron chi connectivity index (χ2n) is 6.44. The highest BCUT2D eigenvalue weighted by molar-refractivity contribution is 7.09. The Morgan fingerprint density at radius 3 is 2.88 bits per heavy atom. The number of hydrogen-bond donors (Lipinski definition) is 2. The molecule has 1 aliphatic rings. The lowest BCUT2D eigenvalue weighted by atomic mass is 10.1. The summed E-state index contributed by atoms with van der Waals surface area (Å²) in [5.41, 5.74) is 3.10. The molecule has 0 aliphatic carbocycles. The van der Waals surface area contributed by atoms with Crippen LogP contribution in [0.5, 0.6) is 0 Å². The molecule has 6 nitrogen and oxygen atoms in total. The van der Waals surface area contributed by atoms with E-state index in [1.807, 2.05) is 13.0 Å². The fourth-order valence-electron chi connectivity index (χ4n) is 3.03. The third-order valence-electron chi connectivity index (χ3n) is 4.50. The van der Waals surface area contributed by atoms with Gasteiger partial charge in [0, 0.05) is 16.8 Å². The Labute approximate surface area is 157 Å². The Kier molecular flexibility index (Phi) is 4.81. The number of aliphatic imine (C=N–C) groups is 1. The van der Waals surface area contributed by atoms with Crippen LogP contribution in [0.2, 0.25) is 0 Å². The molecular weight excluding hydrogens is 344 g/mol. The average Bonchev–Trinajstić information content (AvgIpc) is 3.16. The lowest BCUT2D eigenvalue weighted by Crippen LogP contribution is -2.46. The Bertz CT molecular complexity index is 935. The van der Waals surface area contributed by atoms with Gasteiger partial charge in [-0.2, -0.15) is 0 Å². The molecule has 134 valence electrons. The first-order valence-electron chi connectivity index (χ1n) is 8.73. The van der Waals surface area contributed by atoms with Gasteiger partial charge in [0.2, 0.25) is 11.9 Å². The smallest absolute Gasteiger partial charge is 0.230 e. The number of thiophene rings is 1. The van der Waals surface area contributed by atoms with Gasteiger partial charge in [-0.1, -0.05) is 24.3 Å². The molecule has 4 rings (SSSR count). The van der Waals surface area contributed by atoms with Crippen LogP contribution < -0.4 is 10.6 Å². The first-order valence-corrected chi connectivity index (χ1v) is 9.61. The Balaban J connectivity index is 1.42. The zero-order valence-electron chi connectivity index (χ0n) is 15.0. The van der Waals surface area contributed by atoms with Crippen molar-refractivity contribution in [1.29, 1.82) is 0 Å². The summed E-state index contributed by atoms with van der Waals surface area (Å²) in [6, 6.07) is 10.4. The molecule has 2 N–H and O–H groups in total. The van der Waals surface area contributed by atoms with E-state index in [-0.39, 0.29) is 0 Å². The number of nitrogens with one attached hydrogen (secondary N) is 2. The van der Waals surface area contributed by atoms with E-state index in [4.69, 9.17) is 0 Å². The molecule has 7 heteroatoms. The quantitative estimate of drug-likeness (QED) is 0.743. The van der Waals surface area contributed by atoms with Gasteiger partial charge in [-0.15, -0.1) is 11.3 Å². The minimum absolute atomic E-state index is 0.586. The van der Waals surface area contributed by atoms with Gasteiger partial charge in [0.1, 0.15) is 0 Å². The van der Waals surface area contributed by atoms with Crippen LogP contribution in [-0.4, -0.2) is 40.7 Å². The van der Waals surface area contributed by atoms with Crippen molar-refractivity contribution in [3.05, 3.63) is 51.8 Å². The van der Waals surface area contributed by atoms with Crippen LogP contribution in [0, 0.1) is 13.8 Å². The topological polar surface area (TPSA) is 65.4 Å². The van der Waals surface area contributed by atoms with Crippen LogP contribution in [0.15, 0.2) is 40.7 Å². The molecule has 3 aromatic rings. The zero-order chi connectivity index (χ0) is 17.9. The van der Waals surface area contributed by atoms with E-state index in [0.717, 1.165) is 47.8 Å². The average molecular weight is 366 g/mol. The highest BCUT2D eigenvalue weighted by atomic mass is 32.1. The summed E-state index contributed by atoms with van der Waals surface area (Å²) in [5.74, 6) is 1.31. The molecule has 0 atom stereocenters. The molecule has 0 spiro atoms. The highest BCUT2D eigenvalue weighted by Crippen LogP contribution is 2.20. The van der Waals surface area contributed by atoms with Crippen molar-refractivity contribution in [3.8, 4) is 0 Å². The number of rotatable bonds is 4. The molecule has 1 aromatic carbocycles. The molecule has 0 unspecified atom stereocenters. The maximum atomic E-state index is 4.66. The van der Waals surface area contributed by atoms with Gasteiger partial charge in [0.15, 0.2) is 0 Å². The van der Waals surface area contributed by atoms with Gasteiger partial charge in [-0.25, -0.2) is 15.0 Å². The third-order valence-corrected chi connectivity index (χ3v) is 5.44. The molecule has 1 aliphatic heterocycles. The monoisotopic (exact) mass is 366 g/mol. The minimum Gasteiger partial charge on any atom is -0.343 e. The van der Waals surface area contributed by atoms with Crippen molar-refractivity contribution >= 4 is 34.1 Å². The molecular formula is C19H22N6S. The number of para-hydroxylation sites is 1. The Morgan fingerprint density at radius 1 is 1.19 bits per heavy atom. The number of fused-ring (bicyclic) bond motifs is 1. The fourth-order valence-corrected chi connectivity index (χ4v) is 3.73. The van der Waals surface area contributed by atoms with Crippen molar-refractivity contribution in [1.82, 2.24) is 20.2 Å². The lowest BCUT2D eigenvalue weighted by molar-refractivity contribution is 0.269. The van der Waals surface area contributed by atoms with Crippen LogP contribution in [-0.2, 0) is 6.42 Å². The lowest BCUT2D eigenvalue weighted by Gasteiger charge is -2.26. The molecule has 3 heterocycles. The second kappa shape index (κ2) is 7.39. The van der Waals surface area contributed by atoms with E-state index >= 15 is 0 Å². The van der Waals surface area contributed by atoms with Crippen molar-refractivity contribution in [3.63, 3.8) is 0 Å². The molecule has 26 heavy (non-hydrogen) atoms. The molecule has 0 bridgehead atoms. The van der Waals surface area contributed by atoms with E-state index in [9.17, 15) is 0 Å². The highest BCUT2D eigenvalue weighted by Gasteiger charge is 2.14. The van der Waals surface area contributed by atoms with Gasteiger partial charge >= 0.3 is 0 Å². The number of nitrogens with zero attached hydrogens (tertiary/aromatic N) is 4. The Hall–Kier alpha value is -2.51. The number of benzene rings is 1. The number of aromatic nitrogens is 2. The minimum atomic E-state index is 0.586. The maximum Gasteiger partial charge on any atom is 0.230 e. The number of anilines is 1. The first kappa shape index (κ1) is 16.9. The SMILES string of the molecule is Cc1nc(NC2=NCN(CCc3cccs3)CN2)nc2c(C)cccc12. The maximum absolute atomic E-state index is 4.66. The summed E-state index contributed by atoms with van der Waals surface area (Å²) < 4.78 is 0. The number of guanidine groups is 1. The van der Waals surface area contributed by atoms with E-state index in [1.54, 1.807) is 11.3 Å². The van der Waals surface area contributed by atoms with Gasteiger partial charge in [-0.3, -0.25) is 10.2 Å². The normalized spacial score (nSPS) is 14.9. The van der Waals surface area contributed by atoms with Crippen LogP contribution in [0.4, 0.5) is 5.95 Å². The van der Waals surface area contributed by atoms with Crippen LogP contribution in [0.1, 0.15) is 16.1 Å². The van der Waals surface area contributed by atoms with E-state index < -0.39 is 0 Å². The summed E-state index contributed by atoms with van der Waals surface area (Å²) in [5, 5.41) is 9.76. The van der Waals surface area contributed by atoms with Crippen LogP contribution in [0.25, 0.3) is 10.9 Å². The molecule has 0 radical (unpaired) electrons. The number of hydrogen-bond acceptors (Lipinski definition) is 7. The third kappa shape index (κ3) is 3.68. The van der Waals surface area contributed by atoms with E-state index in [0.29, 0.717) is 12.6 Å². The van der Waals surface area contributed by atoms with Gasteiger partial charge in [0.05, 0.1) is 24.5 Å². The molecule has 2 aromatic heterocycles. The van der Waals surface area contributed by atoms with E-state index in [1.165, 1.54) is 4.88 Å². The summed E-state index contributed by atoms with van der Waals surface area (Å²) >= 11 is 1.81. The van der Waals surface area contributed by atoms with Gasteiger partial charge in [0.25, 0.3) is 0 Å². The van der Waals surface area contributed by atoms with Crippen LogP contribution >= 0.6 is 11.3 Å². The van der Waals surface area contributed by atoms with Crippen molar-refractivity contribution in [2.24, 2.45) is 4.99 Å². The standard InChI is InChI=1S/C19H22N6S/c1-13-5-3-7-16-14(2)22-19(23-17(13)16)24-18-20-11-25(12-21-18)9-8-15-6-4-10-26-15/h3-7,10H,8-9,11-12H2,1-2H3,(H2,20,21,22,23,24). The summed E-state index contributed by atoms with van der Waals surface area (Å²) in [7, 11) is 0. The zero-order valence-corrected chi connectivity index (χ0v) is 15.8. The summed E-state index contributed by atoms with van der Waals surface area (Å²) in [6.45, 7) is 6.52. The van der Waals surface area contributed by atoms with Gasteiger partial charge < -0.3 is 5.32 Å². The Morgan fingerprint density at radius 2 is 2.12 bits per heavy atom. The molecule has 0 fully saturated rings. The largest absolute Gasteiger partial charge is 0.343 e. The summed E-state index contributed by atoms with van der Waals surface area (Å²) in [4.78, 5) is 17.5. The van der Waals surface area contributed by atoms with Crippen molar-refractivity contribution in [2.75, 3.05) is 25.2 Å². The molecule has 0 saturated heterocycles. The van der Waals surface area contributed by atoms with E-state index in [2.05, 4.69) is 67.1 Å². The van der Waals surface area contributed by atoms with Crippen molar-refractivity contribution in [2.45, 2.75) is 20.3 Å². The van der Waals surface area contributed by atoms with Crippen LogP contribution in [0.3, 0.4) is 0 Å². The molecule has 0 amide bonds. The molecule has 0 saturated carbocycles. The predicted octanol–water partition coefficient (Wildman–Crippen LogP) is 3.14. The first-order chi connectivity index (χ1) is 12.7. The predicted molar refractivity (Wildman–Crippen MR) is 108 cm³/mol. The summed E-state index contributed by atoms with van der Waals surface area (Å²) in [6.07, 6.45) is 1.06. The van der Waals surface area contributed by atoms with Gasteiger partial charge in [-0.05, 0) is 37.3 Å². The van der Waals surface area contributed by atoms with Crippen molar-refractivity contribution < 1.29 is 0 Å². The fraction of sp³-hybridized carbons (Fsp3) is 0.316. The second-order valence-corrected chi connectivity index (χ2v) is 7.47. The number of aryl methyl sites for hydroxylation is 2.